The number of amides is 1. The first kappa shape index (κ1) is 17.0. The molecule has 0 radical (unpaired) electrons. The molecule has 1 aromatic heterocycles. The highest BCUT2D eigenvalue weighted by atomic mass is 32.1. The van der Waals surface area contributed by atoms with Gasteiger partial charge < -0.3 is 9.64 Å². The van der Waals surface area contributed by atoms with Crippen molar-refractivity contribution in [2.75, 3.05) is 39.3 Å². The molecule has 5 nitrogen and oxygen atoms in total. The summed E-state index contributed by atoms with van der Waals surface area (Å²) >= 11 is 1.57. The topological polar surface area (TPSA) is 45.7 Å². The van der Waals surface area contributed by atoms with E-state index in [0.717, 1.165) is 54.3 Å². The van der Waals surface area contributed by atoms with Gasteiger partial charge in [-0.2, -0.15) is 0 Å². The number of hydrogen-bond donors (Lipinski definition) is 0. The van der Waals surface area contributed by atoms with E-state index >= 15 is 0 Å². The summed E-state index contributed by atoms with van der Waals surface area (Å²) in [4.78, 5) is 21.3. The van der Waals surface area contributed by atoms with Gasteiger partial charge in [-0.05, 0) is 30.3 Å². The minimum absolute atomic E-state index is 0.112. The number of benzene rings is 2. The summed E-state index contributed by atoms with van der Waals surface area (Å²) in [6.07, 6.45) is 0. The molecule has 0 saturated carbocycles. The number of hydrogen-bond acceptors (Lipinski definition) is 5. The van der Waals surface area contributed by atoms with Gasteiger partial charge in [-0.1, -0.05) is 18.2 Å². The minimum atomic E-state index is 0.112. The van der Waals surface area contributed by atoms with Crippen LogP contribution >= 0.6 is 11.3 Å². The van der Waals surface area contributed by atoms with Gasteiger partial charge in [-0.3, -0.25) is 9.69 Å². The number of ether oxygens (including phenoxy) is 1. The summed E-state index contributed by atoms with van der Waals surface area (Å²) in [5.74, 6) is 1.01. The average molecular weight is 367 g/mol. The summed E-state index contributed by atoms with van der Waals surface area (Å²) in [7, 11) is 0. The fourth-order valence-electron chi connectivity index (χ4n) is 3.15. The van der Waals surface area contributed by atoms with Crippen molar-refractivity contribution in [2.45, 2.75) is 0 Å². The Morgan fingerprint density at radius 1 is 1.08 bits per heavy atom. The molecule has 4 rings (SSSR count). The van der Waals surface area contributed by atoms with Gasteiger partial charge >= 0.3 is 0 Å². The van der Waals surface area contributed by atoms with Crippen molar-refractivity contribution in [3.63, 3.8) is 0 Å². The second-order valence-electron chi connectivity index (χ2n) is 6.33. The zero-order valence-corrected chi connectivity index (χ0v) is 15.3. The van der Waals surface area contributed by atoms with E-state index in [9.17, 15) is 4.79 Å². The highest BCUT2D eigenvalue weighted by Crippen LogP contribution is 2.20. The molecular formula is C20H21N3O2S. The molecule has 1 saturated heterocycles. The maximum absolute atomic E-state index is 12.7. The van der Waals surface area contributed by atoms with Crippen molar-refractivity contribution < 1.29 is 9.53 Å². The van der Waals surface area contributed by atoms with Crippen LogP contribution in [0.1, 0.15) is 10.4 Å². The second kappa shape index (κ2) is 7.85. The molecule has 0 aliphatic carbocycles. The molecule has 2 aromatic carbocycles. The van der Waals surface area contributed by atoms with Crippen molar-refractivity contribution in [1.29, 1.82) is 0 Å². The lowest BCUT2D eigenvalue weighted by Gasteiger charge is -2.34. The Morgan fingerprint density at radius 2 is 1.88 bits per heavy atom. The predicted octanol–water partition coefficient (Wildman–Crippen LogP) is 3.13. The van der Waals surface area contributed by atoms with E-state index in [1.165, 1.54) is 0 Å². The Hall–Kier alpha value is -2.44. The highest BCUT2D eigenvalue weighted by molar-refractivity contribution is 7.16. The number of piperazine rings is 1. The summed E-state index contributed by atoms with van der Waals surface area (Å²) in [5.41, 5.74) is 3.52. The second-order valence-corrected chi connectivity index (χ2v) is 7.22. The van der Waals surface area contributed by atoms with Crippen molar-refractivity contribution >= 4 is 27.5 Å². The fraction of sp³-hybridized carbons (Fsp3) is 0.300. The summed E-state index contributed by atoms with van der Waals surface area (Å²) in [6, 6.07) is 15.6. The number of nitrogens with zero attached hydrogens (tertiary/aromatic N) is 3. The minimum Gasteiger partial charge on any atom is -0.492 e. The molecule has 0 N–H and O–H groups in total. The molecule has 0 bridgehead atoms. The van der Waals surface area contributed by atoms with Crippen LogP contribution in [0.5, 0.6) is 5.75 Å². The van der Waals surface area contributed by atoms with E-state index < -0.39 is 0 Å². The number of para-hydroxylation sites is 1. The van der Waals surface area contributed by atoms with Gasteiger partial charge in [0.05, 0.1) is 15.7 Å². The maximum atomic E-state index is 12.7. The molecule has 0 atom stereocenters. The molecule has 3 aromatic rings. The summed E-state index contributed by atoms with van der Waals surface area (Å²) in [5, 5.41) is 0. The van der Waals surface area contributed by atoms with Crippen LogP contribution in [0.2, 0.25) is 0 Å². The first-order valence-corrected chi connectivity index (χ1v) is 9.70. The normalized spacial score (nSPS) is 15.3. The van der Waals surface area contributed by atoms with Crippen LogP contribution in [0, 0.1) is 0 Å². The third kappa shape index (κ3) is 3.86. The monoisotopic (exact) mass is 367 g/mol. The molecule has 1 aliphatic rings. The van der Waals surface area contributed by atoms with Gasteiger partial charge in [0.2, 0.25) is 0 Å². The van der Waals surface area contributed by atoms with E-state index in [2.05, 4.69) is 9.88 Å². The molecule has 1 fully saturated rings. The van der Waals surface area contributed by atoms with E-state index in [1.807, 2.05) is 58.9 Å². The zero-order valence-electron chi connectivity index (χ0n) is 14.5. The van der Waals surface area contributed by atoms with E-state index in [4.69, 9.17) is 4.74 Å². The molecular weight excluding hydrogens is 346 g/mol. The van der Waals surface area contributed by atoms with Crippen LogP contribution in [0.4, 0.5) is 0 Å². The third-order valence-corrected chi connectivity index (χ3v) is 5.45. The molecule has 1 amide bonds. The molecule has 134 valence electrons. The lowest BCUT2D eigenvalue weighted by Crippen LogP contribution is -2.49. The zero-order chi connectivity index (χ0) is 17.8. The quantitative estimate of drug-likeness (QED) is 0.695. The SMILES string of the molecule is O=C(c1ccc2ncsc2c1)N1CCN(CCOc2ccccc2)CC1. The highest BCUT2D eigenvalue weighted by Gasteiger charge is 2.22. The summed E-state index contributed by atoms with van der Waals surface area (Å²) < 4.78 is 6.82. The van der Waals surface area contributed by atoms with Crippen LogP contribution in [-0.4, -0.2) is 60.0 Å². The molecule has 2 heterocycles. The van der Waals surface area contributed by atoms with Crippen LogP contribution in [0.15, 0.2) is 54.0 Å². The Balaban J connectivity index is 1.27. The largest absolute Gasteiger partial charge is 0.492 e. The molecule has 26 heavy (non-hydrogen) atoms. The number of fused-ring (bicyclic) bond motifs is 1. The number of carbonyl (C=O) groups excluding carboxylic acids is 1. The number of rotatable bonds is 5. The molecule has 6 heteroatoms. The number of aromatic nitrogens is 1. The van der Waals surface area contributed by atoms with E-state index in [1.54, 1.807) is 11.3 Å². The van der Waals surface area contributed by atoms with Crippen molar-refractivity contribution in [2.24, 2.45) is 0 Å². The average Bonchev–Trinajstić information content (AvgIpc) is 3.17. The van der Waals surface area contributed by atoms with Crippen LogP contribution in [-0.2, 0) is 0 Å². The molecule has 1 aliphatic heterocycles. The molecule has 0 unspecified atom stereocenters. The van der Waals surface area contributed by atoms with Crippen LogP contribution < -0.4 is 4.74 Å². The molecule has 0 spiro atoms. The Bertz CT molecular complexity index is 873. The standard InChI is InChI=1S/C20H21N3O2S/c24-20(16-6-7-18-19(14-16)26-15-21-18)23-10-8-22(9-11-23)12-13-25-17-4-2-1-3-5-17/h1-7,14-15H,8-13H2. The Morgan fingerprint density at radius 3 is 2.69 bits per heavy atom. The summed E-state index contributed by atoms with van der Waals surface area (Å²) in [6.45, 7) is 4.82. The van der Waals surface area contributed by atoms with Crippen molar-refractivity contribution in [3.05, 3.63) is 59.6 Å². The van der Waals surface area contributed by atoms with Gasteiger partial charge in [0.15, 0.2) is 0 Å². The van der Waals surface area contributed by atoms with Crippen molar-refractivity contribution in [3.8, 4) is 5.75 Å². The number of thiazole rings is 1. The van der Waals surface area contributed by atoms with Crippen LogP contribution in [0.3, 0.4) is 0 Å². The fourth-order valence-corrected chi connectivity index (χ4v) is 3.87. The maximum Gasteiger partial charge on any atom is 0.253 e. The first-order chi connectivity index (χ1) is 12.8. The number of carbonyl (C=O) groups is 1. The lowest BCUT2D eigenvalue weighted by atomic mass is 10.1. The van der Waals surface area contributed by atoms with Gasteiger partial charge in [0, 0.05) is 38.3 Å². The lowest BCUT2D eigenvalue weighted by molar-refractivity contribution is 0.0620. The smallest absolute Gasteiger partial charge is 0.253 e. The van der Waals surface area contributed by atoms with Crippen LogP contribution in [0.25, 0.3) is 10.2 Å². The van der Waals surface area contributed by atoms with Crippen molar-refractivity contribution in [1.82, 2.24) is 14.8 Å². The van der Waals surface area contributed by atoms with E-state index in [0.29, 0.717) is 6.61 Å². The Kier molecular flexibility index (Phi) is 5.13. The van der Waals surface area contributed by atoms with Gasteiger partial charge in [0.1, 0.15) is 12.4 Å². The first-order valence-electron chi connectivity index (χ1n) is 8.82. The third-order valence-electron chi connectivity index (χ3n) is 4.66. The van der Waals surface area contributed by atoms with E-state index in [-0.39, 0.29) is 5.91 Å². The predicted molar refractivity (Wildman–Crippen MR) is 104 cm³/mol. The Labute approximate surface area is 156 Å². The van der Waals surface area contributed by atoms with Gasteiger partial charge in [-0.15, -0.1) is 11.3 Å². The van der Waals surface area contributed by atoms with Gasteiger partial charge in [0.25, 0.3) is 5.91 Å². The van der Waals surface area contributed by atoms with Gasteiger partial charge in [-0.25, -0.2) is 4.98 Å².